The Labute approximate surface area is 120 Å². The molecule has 0 unspecified atom stereocenters. The summed E-state index contributed by atoms with van der Waals surface area (Å²) in [6.45, 7) is 2.10. The average Bonchev–Trinajstić information content (AvgIpc) is 2.82. The number of carboxylic acid groups (broad SMARTS) is 1. The molecule has 0 saturated carbocycles. The first-order valence-electron chi connectivity index (χ1n) is 5.75. The van der Waals surface area contributed by atoms with Gasteiger partial charge in [0.2, 0.25) is 10.0 Å². The van der Waals surface area contributed by atoms with Gasteiger partial charge in [-0.3, -0.25) is 0 Å². The molecule has 0 saturated heterocycles. The summed E-state index contributed by atoms with van der Waals surface area (Å²) in [5, 5.41) is 12.7. The second-order valence-electron chi connectivity index (χ2n) is 4.24. The minimum absolute atomic E-state index is 0.0507. The van der Waals surface area contributed by atoms with Gasteiger partial charge in [0.1, 0.15) is 0 Å². The number of sulfonamides is 1. The van der Waals surface area contributed by atoms with E-state index in [9.17, 15) is 13.2 Å². The molecule has 0 bridgehead atoms. The van der Waals surface area contributed by atoms with Crippen LogP contribution in [0.5, 0.6) is 0 Å². The number of aryl methyl sites for hydroxylation is 1. The van der Waals surface area contributed by atoms with Crippen molar-refractivity contribution in [1.82, 2.24) is 4.72 Å². The summed E-state index contributed by atoms with van der Waals surface area (Å²) in [6.07, 6.45) is 0. The Bertz CT molecular complexity index is 734. The molecule has 2 aromatic rings. The Morgan fingerprint density at radius 2 is 2.10 bits per heavy atom. The van der Waals surface area contributed by atoms with Gasteiger partial charge in [-0.1, -0.05) is 6.07 Å². The highest BCUT2D eigenvalue weighted by atomic mass is 32.2. The van der Waals surface area contributed by atoms with E-state index < -0.39 is 16.0 Å². The number of carbonyl (C=O) groups is 1. The molecule has 0 spiro atoms. The second kappa shape index (κ2) is 5.74. The molecule has 0 aliphatic rings. The van der Waals surface area contributed by atoms with Gasteiger partial charge in [0.05, 0.1) is 10.5 Å². The summed E-state index contributed by atoms with van der Waals surface area (Å²) in [6, 6.07) is 5.28. The van der Waals surface area contributed by atoms with Gasteiger partial charge >= 0.3 is 5.97 Å². The molecule has 1 aromatic heterocycles. The summed E-state index contributed by atoms with van der Waals surface area (Å²) >= 11 is 1.51. The average molecular weight is 311 g/mol. The van der Waals surface area contributed by atoms with E-state index in [0.29, 0.717) is 0 Å². The van der Waals surface area contributed by atoms with Crippen molar-refractivity contribution < 1.29 is 18.3 Å². The molecule has 2 N–H and O–H groups in total. The molecule has 1 heterocycles. The molecule has 0 atom stereocenters. The molecule has 0 radical (unpaired) electrons. The maximum Gasteiger partial charge on any atom is 0.335 e. The minimum atomic E-state index is -3.72. The third kappa shape index (κ3) is 3.24. The van der Waals surface area contributed by atoms with Crippen molar-refractivity contribution in [2.45, 2.75) is 18.4 Å². The molecule has 0 aliphatic carbocycles. The van der Waals surface area contributed by atoms with E-state index in [4.69, 9.17) is 5.11 Å². The molecule has 2 rings (SSSR count). The highest BCUT2D eigenvalue weighted by Gasteiger charge is 2.16. The lowest BCUT2D eigenvalue weighted by Crippen LogP contribution is -2.23. The number of aromatic carboxylic acids is 1. The lowest BCUT2D eigenvalue weighted by atomic mass is 10.2. The normalized spacial score (nSPS) is 11.4. The monoisotopic (exact) mass is 311 g/mol. The van der Waals surface area contributed by atoms with E-state index in [0.717, 1.165) is 17.2 Å². The Hall–Kier alpha value is -1.70. The van der Waals surface area contributed by atoms with Crippen LogP contribution in [0.4, 0.5) is 0 Å². The van der Waals surface area contributed by atoms with Crippen molar-refractivity contribution >= 4 is 27.3 Å². The number of nitrogens with one attached hydrogen (secondary N) is 1. The fourth-order valence-corrected chi connectivity index (χ4v) is 3.53. The zero-order chi connectivity index (χ0) is 14.8. The van der Waals surface area contributed by atoms with Crippen molar-refractivity contribution in [3.05, 3.63) is 51.7 Å². The van der Waals surface area contributed by atoms with Crippen LogP contribution < -0.4 is 4.72 Å². The Morgan fingerprint density at radius 1 is 1.35 bits per heavy atom. The number of hydrogen-bond acceptors (Lipinski definition) is 4. The first kappa shape index (κ1) is 14.7. The molecule has 5 nitrogen and oxygen atoms in total. The number of hydrogen-bond donors (Lipinski definition) is 2. The van der Waals surface area contributed by atoms with Crippen LogP contribution in [-0.4, -0.2) is 19.5 Å². The maximum atomic E-state index is 12.1. The number of benzene rings is 1. The SMILES string of the molecule is Cc1cscc1CNS(=O)(=O)c1cccc(C(=O)O)c1. The Balaban J connectivity index is 2.20. The summed E-state index contributed by atoms with van der Waals surface area (Å²) < 4.78 is 26.7. The van der Waals surface area contributed by atoms with Crippen LogP contribution in [0.1, 0.15) is 21.5 Å². The van der Waals surface area contributed by atoms with Crippen molar-refractivity contribution in [3.8, 4) is 0 Å². The first-order chi connectivity index (χ1) is 9.40. The van der Waals surface area contributed by atoms with Gasteiger partial charge in [0.25, 0.3) is 0 Å². The molecule has 106 valence electrons. The van der Waals surface area contributed by atoms with E-state index in [1.54, 1.807) is 0 Å². The van der Waals surface area contributed by atoms with E-state index in [1.165, 1.54) is 29.5 Å². The summed E-state index contributed by atoms with van der Waals surface area (Å²) in [7, 11) is -3.72. The van der Waals surface area contributed by atoms with Crippen LogP contribution in [0.15, 0.2) is 39.9 Å². The summed E-state index contributed by atoms with van der Waals surface area (Å²) in [4.78, 5) is 10.8. The van der Waals surface area contributed by atoms with Gasteiger partial charge in [-0.2, -0.15) is 11.3 Å². The molecule has 0 fully saturated rings. The fraction of sp³-hybridized carbons (Fsp3) is 0.154. The van der Waals surface area contributed by atoms with Gasteiger partial charge in [0.15, 0.2) is 0 Å². The van der Waals surface area contributed by atoms with E-state index in [2.05, 4.69) is 4.72 Å². The van der Waals surface area contributed by atoms with Gasteiger partial charge < -0.3 is 5.11 Å². The molecule has 7 heteroatoms. The fourth-order valence-electron chi connectivity index (χ4n) is 1.62. The van der Waals surface area contributed by atoms with Gasteiger partial charge in [0, 0.05) is 6.54 Å². The van der Waals surface area contributed by atoms with Crippen LogP contribution in [0.2, 0.25) is 0 Å². The van der Waals surface area contributed by atoms with E-state index in [1.807, 2.05) is 17.7 Å². The van der Waals surface area contributed by atoms with Crippen LogP contribution in [0, 0.1) is 6.92 Å². The van der Waals surface area contributed by atoms with Crippen LogP contribution in [0.25, 0.3) is 0 Å². The number of carboxylic acids is 1. The highest BCUT2D eigenvalue weighted by Crippen LogP contribution is 2.16. The van der Waals surface area contributed by atoms with Crippen molar-refractivity contribution in [1.29, 1.82) is 0 Å². The predicted molar refractivity (Wildman–Crippen MR) is 76.5 cm³/mol. The standard InChI is InChI=1S/C13H13NO4S2/c1-9-7-19-8-11(9)6-14-20(17,18)12-4-2-3-10(5-12)13(15)16/h2-5,7-8,14H,6H2,1H3,(H,15,16). The van der Waals surface area contributed by atoms with E-state index >= 15 is 0 Å². The summed E-state index contributed by atoms with van der Waals surface area (Å²) in [5.74, 6) is -1.16. The van der Waals surface area contributed by atoms with Crippen LogP contribution in [-0.2, 0) is 16.6 Å². The topological polar surface area (TPSA) is 83.5 Å². The van der Waals surface area contributed by atoms with Crippen LogP contribution in [0.3, 0.4) is 0 Å². The second-order valence-corrected chi connectivity index (χ2v) is 6.75. The lowest BCUT2D eigenvalue weighted by molar-refractivity contribution is 0.0696. The smallest absolute Gasteiger partial charge is 0.335 e. The van der Waals surface area contributed by atoms with Gasteiger partial charge in [-0.25, -0.2) is 17.9 Å². The third-order valence-electron chi connectivity index (χ3n) is 2.81. The number of rotatable bonds is 5. The van der Waals surface area contributed by atoms with Crippen molar-refractivity contribution in [3.63, 3.8) is 0 Å². The van der Waals surface area contributed by atoms with Gasteiger partial charge in [-0.15, -0.1) is 0 Å². The zero-order valence-electron chi connectivity index (χ0n) is 10.7. The Morgan fingerprint density at radius 3 is 2.70 bits per heavy atom. The molecule has 0 amide bonds. The van der Waals surface area contributed by atoms with Crippen LogP contribution >= 0.6 is 11.3 Å². The Kier molecular flexibility index (Phi) is 4.22. The minimum Gasteiger partial charge on any atom is -0.478 e. The number of thiophene rings is 1. The summed E-state index contributed by atoms with van der Waals surface area (Å²) in [5.41, 5.74) is 1.88. The van der Waals surface area contributed by atoms with Crippen molar-refractivity contribution in [2.24, 2.45) is 0 Å². The molecular weight excluding hydrogens is 298 g/mol. The van der Waals surface area contributed by atoms with Crippen molar-refractivity contribution in [2.75, 3.05) is 0 Å². The molecule has 20 heavy (non-hydrogen) atoms. The molecule has 1 aromatic carbocycles. The zero-order valence-corrected chi connectivity index (χ0v) is 12.3. The predicted octanol–water partition coefficient (Wildman–Crippen LogP) is 2.23. The quantitative estimate of drug-likeness (QED) is 0.887. The maximum absolute atomic E-state index is 12.1. The molecule has 0 aliphatic heterocycles. The third-order valence-corrected chi connectivity index (χ3v) is 5.11. The molecular formula is C13H13NO4S2. The lowest BCUT2D eigenvalue weighted by Gasteiger charge is -2.07. The highest BCUT2D eigenvalue weighted by molar-refractivity contribution is 7.89. The largest absolute Gasteiger partial charge is 0.478 e. The van der Waals surface area contributed by atoms with Gasteiger partial charge in [-0.05, 0) is 47.0 Å². The van der Waals surface area contributed by atoms with E-state index in [-0.39, 0.29) is 17.0 Å². The first-order valence-corrected chi connectivity index (χ1v) is 8.17.